The number of carbonyl (C=O) groups is 1. The Balaban J connectivity index is 1.52. The number of rotatable bonds is 2. The minimum atomic E-state index is -0.0506. The van der Waals surface area contributed by atoms with Gasteiger partial charge in [0.05, 0.1) is 6.61 Å². The van der Waals surface area contributed by atoms with Crippen LogP contribution in [0.5, 0.6) is 5.75 Å². The third kappa shape index (κ3) is 2.54. The predicted molar refractivity (Wildman–Crippen MR) is 93.1 cm³/mol. The molecule has 0 atom stereocenters. The van der Waals surface area contributed by atoms with E-state index in [0.717, 1.165) is 24.2 Å². The van der Waals surface area contributed by atoms with E-state index >= 15 is 0 Å². The number of furan rings is 1. The lowest BCUT2D eigenvalue weighted by Gasteiger charge is -2.38. The van der Waals surface area contributed by atoms with Crippen molar-refractivity contribution >= 4 is 21.8 Å². The van der Waals surface area contributed by atoms with Crippen LogP contribution in [0.25, 0.3) is 0 Å². The molecule has 3 heterocycles. The van der Waals surface area contributed by atoms with Gasteiger partial charge in [0.1, 0.15) is 5.75 Å². The molecule has 2 N–H and O–H groups in total. The lowest BCUT2D eigenvalue weighted by molar-refractivity contribution is 0.0614. The number of likely N-dealkylation sites (tertiary alicyclic amines) is 1. The highest BCUT2D eigenvalue weighted by Crippen LogP contribution is 2.46. The van der Waals surface area contributed by atoms with Crippen molar-refractivity contribution in [2.75, 3.05) is 19.7 Å². The minimum absolute atomic E-state index is 0.00103. The third-order valence-corrected chi connectivity index (χ3v) is 5.57. The molecule has 126 valence electrons. The third-order valence-electron chi connectivity index (χ3n) is 5.15. The summed E-state index contributed by atoms with van der Waals surface area (Å²) in [6.45, 7) is 2.62. The molecule has 5 nitrogen and oxygen atoms in total. The van der Waals surface area contributed by atoms with E-state index in [9.17, 15) is 4.79 Å². The fourth-order valence-electron chi connectivity index (χ4n) is 3.67. The number of amides is 1. The molecule has 1 aromatic heterocycles. The van der Waals surface area contributed by atoms with Crippen molar-refractivity contribution < 1.29 is 13.9 Å². The van der Waals surface area contributed by atoms with Crippen LogP contribution < -0.4 is 10.5 Å². The first-order valence-corrected chi connectivity index (χ1v) is 8.91. The molecule has 1 saturated heterocycles. The average Bonchev–Trinajstić information content (AvgIpc) is 3.19. The van der Waals surface area contributed by atoms with Gasteiger partial charge in [0.2, 0.25) is 0 Å². The second-order valence-corrected chi connectivity index (χ2v) is 7.28. The Morgan fingerprint density at radius 2 is 2.04 bits per heavy atom. The average molecular weight is 391 g/mol. The topological polar surface area (TPSA) is 68.7 Å². The maximum atomic E-state index is 12.5. The summed E-state index contributed by atoms with van der Waals surface area (Å²) in [6.07, 6.45) is 1.78. The number of fused-ring (bicyclic) bond motifs is 2. The highest BCUT2D eigenvalue weighted by Gasteiger charge is 2.44. The molecule has 2 aliphatic rings. The molecule has 0 bridgehead atoms. The molecule has 0 unspecified atom stereocenters. The Hall–Kier alpha value is -1.79. The molecule has 4 rings (SSSR count). The molecular formula is C18H19BrN2O3. The molecule has 2 aliphatic heterocycles. The maximum absolute atomic E-state index is 12.5. The van der Waals surface area contributed by atoms with Crippen molar-refractivity contribution in [1.29, 1.82) is 0 Å². The highest BCUT2D eigenvalue weighted by molar-refractivity contribution is 9.10. The van der Waals surface area contributed by atoms with Gasteiger partial charge < -0.3 is 19.8 Å². The van der Waals surface area contributed by atoms with E-state index in [1.54, 1.807) is 12.1 Å². The van der Waals surface area contributed by atoms with E-state index in [2.05, 4.69) is 22.0 Å². The van der Waals surface area contributed by atoms with Crippen LogP contribution in [0.3, 0.4) is 0 Å². The summed E-state index contributed by atoms with van der Waals surface area (Å²) in [6, 6.07) is 9.66. The van der Waals surface area contributed by atoms with Gasteiger partial charge >= 0.3 is 0 Å². The summed E-state index contributed by atoms with van der Waals surface area (Å²) in [7, 11) is 0. The van der Waals surface area contributed by atoms with Crippen LogP contribution in [0.1, 0.15) is 34.5 Å². The normalized spacial score (nSPS) is 18.5. The lowest BCUT2D eigenvalue weighted by atomic mass is 9.74. The Labute approximate surface area is 148 Å². The molecule has 1 fully saturated rings. The van der Waals surface area contributed by atoms with Gasteiger partial charge in [-0.2, -0.15) is 0 Å². The number of hydrogen-bond acceptors (Lipinski definition) is 4. The summed E-state index contributed by atoms with van der Waals surface area (Å²) in [5, 5.41) is 0. The van der Waals surface area contributed by atoms with Crippen LogP contribution >= 0.6 is 15.9 Å². The Morgan fingerprint density at radius 1 is 1.25 bits per heavy atom. The van der Waals surface area contributed by atoms with Crippen molar-refractivity contribution in [2.24, 2.45) is 5.73 Å². The van der Waals surface area contributed by atoms with E-state index in [1.165, 1.54) is 5.56 Å². The largest absolute Gasteiger partial charge is 0.492 e. The van der Waals surface area contributed by atoms with Gasteiger partial charge in [-0.1, -0.05) is 12.1 Å². The SMILES string of the molecule is NCc1ccc2c(c1)C1(CCN(C(=O)c3ccc(Br)o3)CC1)CO2. The summed E-state index contributed by atoms with van der Waals surface area (Å²) in [5.41, 5.74) is 8.15. The van der Waals surface area contributed by atoms with Crippen LogP contribution in [0.15, 0.2) is 39.4 Å². The van der Waals surface area contributed by atoms with E-state index in [0.29, 0.717) is 36.7 Å². The second kappa shape index (κ2) is 5.93. The van der Waals surface area contributed by atoms with Crippen molar-refractivity contribution in [2.45, 2.75) is 24.8 Å². The summed E-state index contributed by atoms with van der Waals surface area (Å²) < 4.78 is 11.9. The number of halogens is 1. The minimum Gasteiger partial charge on any atom is -0.492 e. The van der Waals surface area contributed by atoms with Gasteiger partial charge in [-0.15, -0.1) is 0 Å². The van der Waals surface area contributed by atoms with Crippen molar-refractivity contribution in [1.82, 2.24) is 4.90 Å². The number of benzene rings is 1. The Bertz CT molecular complexity index is 778. The van der Waals surface area contributed by atoms with E-state index in [-0.39, 0.29) is 11.3 Å². The van der Waals surface area contributed by atoms with E-state index in [4.69, 9.17) is 14.9 Å². The van der Waals surface area contributed by atoms with Crippen LogP contribution in [0, 0.1) is 0 Å². The quantitative estimate of drug-likeness (QED) is 0.855. The zero-order valence-electron chi connectivity index (χ0n) is 13.3. The van der Waals surface area contributed by atoms with Crippen molar-refractivity contribution in [3.05, 3.63) is 51.9 Å². The van der Waals surface area contributed by atoms with E-state index < -0.39 is 0 Å². The predicted octanol–water partition coefficient (Wildman–Crippen LogP) is 3.07. The fourth-order valence-corrected chi connectivity index (χ4v) is 3.98. The molecule has 1 spiro atoms. The monoisotopic (exact) mass is 390 g/mol. The first kappa shape index (κ1) is 15.7. The number of nitrogens with two attached hydrogens (primary N) is 1. The highest BCUT2D eigenvalue weighted by atomic mass is 79.9. The molecule has 1 amide bonds. The van der Waals surface area contributed by atoms with Gasteiger partial charge in [0, 0.05) is 30.6 Å². The number of ether oxygens (including phenoxy) is 1. The Kier molecular flexibility index (Phi) is 3.89. The van der Waals surface area contributed by atoms with E-state index in [1.807, 2.05) is 17.0 Å². The fraction of sp³-hybridized carbons (Fsp3) is 0.389. The Morgan fingerprint density at radius 3 is 2.71 bits per heavy atom. The number of carbonyl (C=O) groups excluding carboxylic acids is 1. The lowest BCUT2D eigenvalue weighted by Crippen LogP contribution is -2.46. The molecule has 0 saturated carbocycles. The molecule has 24 heavy (non-hydrogen) atoms. The molecule has 0 radical (unpaired) electrons. The zero-order valence-corrected chi connectivity index (χ0v) is 14.8. The van der Waals surface area contributed by atoms with Crippen molar-refractivity contribution in [3.8, 4) is 5.75 Å². The maximum Gasteiger partial charge on any atom is 0.289 e. The number of piperidine rings is 1. The smallest absolute Gasteiger partial charge is 0.289 e. The zero-order chi connectivity index (χ0) is 16.7. The van der Waals surface area contributed by atoms with Crippen LogP contribution in [0.4, 0.5) is 0 Å². The van der Waals surface area contributed by atoms with Gasteiger partial charge in [0.25, 0.3) is 5.91 Å². The number of hydrogen-bond donors (Lipinski definition) is 1. The summed E-state index contributed by atoms with van der Waals surface area (Å²) >= 11 is 3.24. The molecule has 1 aromatic carbocycles. The number of nitrogens with zero attached hydrogens (tertiary/aromatic N) is 1. The molecule has 2 aromatic rings. The van der Waals surface area contributed by atoms with Crippen LogP contribution in [0.2, 0.25) is 0 Å². The van der Waals surface area contributed by atoms with Gasteiger partial charge in [0.15, 0.2) is 10.4 Å². The molecular weight excluding hydrogens is 372 g/mol. The van der Waals surface area contributed by atoms with Crippen LogP contribution in [-0.4, -0.2) is 30.5 Å². The summed E-state index contributed by atoms with van der Waals surface area (Å²) in [5.74, 6) is 1.29. The first-order valence-electron chi connectivity index (χ1n) is 8.12. The summed E-state index contributed by atoms with van der Waals surface area (Å²) in [4.78, 5) is 14.4. The molecule has 0 aliphatic carbocycles. The van der Waals surface area contributed by atoms with Gasteiger partial charge in [-0.05, 0) is 52.5 Å². The second-order valence-electron chi connectivity index (χ2n) is 6.50. The standard InChI is InChI=1S/C18H19BrN2O3/c19-16-4-3-15(24-16)17(22)21-7-5-18(6-8-21)11-23-14-2-1-12(10-20)9-13(14)18/h1-4,9H,5-8,10-11,20H2. The molecule has 6 heteroatoms. The first-order chi connectivity index (χ1) is 11.6. The van der Waals surface area contributed by atoms with Crippen LogP contribution in [-0.2, 0) is 12.0 Å². The van der Waals surface area contributed by atoms with Gasteiger partial charge in [-0.25, -0.2) is 0 Å². The van der Waals surface area contributed by atoms with Gasteiger partial charge in [-0.3, -0.25) is 4.79 Å². The van der Waals surface area contributed by atoms with Crippen molar-refractivity contribution in [3.63, 3.8) is 0 Å².